The fourth-order valence-corrected chi connectivity index (χ4v) is 14.2. The van der Waals surface area contributed by atoms with Gasteiger partial charge in [0.1, 0.15) is 35.8 Å². The number of carbonyl (C=O) groups excluding carboxylic acids is 8. The molecule has 0 unspecified atom stereocenters. The second-order valence-electron chi connectivity index (χ2n) is 34.3. The van der Waals surface area contributed by atoms with E-state index in [9.17, 15) is 73.5 Å². The summed E-state index contributed by atoms with van der Waals surface area (Å²) in [4.78, 5) is 105. The number of hydrogen-bond acceptors (Lipinski definition) is 20. The van der Waals surface area contributed by atoms with Gasteiger partial charge in [0.25, 0.3) is 0 Å². The average Bonchev–Trinajstić information content (AvgIpc) is 1.63. The lowest BCUT2D eigenvalue weighted by atomic mass is 9.86. The van der Waals surface area contributed by atoms with Crippen LogP contribution in [0.5, 0.6) is 0 Å². The molecule has 8 aromatic rings. The van der Waals surface area contributed by atoms with Crippen LogP contribution in [0, 0.1) is 68.2 Å². The monoisotopic (exact) mass is 1790 g/mol. The van der Waals surface area contributed by atoms with E-state index in [0.29, 0.717) is 130 Å². The first-order valence-electron chi connectivity index (χ1n) is 40.5. The summed E-state index contributed by atoms with van der Waals surface area (Å²) in [5.74, 6) is -9.79. The largest absolute Gasteiger partial charge is 0.395 e. The van der Waals surface area contributed by atoms with Crippen molar-refractivity contribution in [2.24, 2.45) is 21.7 Å². The molecule has 4 atom stereocenters. The first-order chi connectivity index (χ1) is 59.3. The molecule has 0 fully saturated rings. The van der Waals surface area contributed by atoms with Crippen LogP contribution in [0.15, 0.2) is 66.7 Å². The van der Waals surface area contributed by atoms with Gasteiger partial charge in [-0.3, -0.25) is 19.2 Å². The molecule has 4 aromatic carbocycles. The zero-order valence-electron chi connectivity index (χ0n) is 72.0. The number of halogens is 9. The van der Waals surface area contributed by atoms with E-state index in [-0.39, 0.29) is 102 Å². The van der Waals surface area contributed by atoms with Gasteiger partial charge in [-0.25, -0.2) is 54.3 Å². The number of likely N-dealkylation sites (N-methyl/N-ethyl adjacent to an activating group) is 1. The van der Waals surface area contributed by atoms with Crippen molar-refractivity contribution in [2.45, 2.75) is 159 Å². The molecule has 4 aliphatic rings. The highest BCUT2D eigenvalue weighted by atomic mass is 35.5. The molecule has 0 radical (unpaired) electrons. The molecule has 0 spiro atoms. The van der Waals surface area contributed by atoms with Crippen molar-refractivity contribution in [2.75, 3.05) is 86.0 Å². The van der Waals surface area contributed by atoms with Crippen molar-refractivity contribution in [3.8, 4) is 45.0 Å². The van der Waals surface area contributed by atoms with Gasteiger partial charge in [-0.1, -0.05) is 94.7 Å². The summed E-state index contributed by atoms with van der Waals surface area (Å²) in [6, 6.07) is 6.01. The number of aliphatic hydroxyl groups excluding tert-OH is 4. The SMILES string of the molecule is CC(C)(C)[C@H](NC(=O)n1nc(-c2cc(Cl)ccc2F)c2c1COCC2)C(=O)NCCO.CC(C)(C)[C@H](NC(=O)n1nc(-c2cc(F)c(F)cc2F)c2c1COCC2)C(=O)NCCO.CC(C)(C)[C@H](NC(=O)n1nc(-c2ccc(F)c(F)c2)c2c1COCC2)C(=O)NCCO.CN1CCc2c(c(-c3ccc(F)c(F)c3)nn2C(=O)N[C@H](C(=O)NCCO)C(C)(C)C)C1. The van der Waals surface area contributed by atoms with Gasteiger partial charge in [0, 0.05) is 101 Å². The summed E-state index contributed by atoms with van der Waals surface area (Å²) in [7, 11) is 1.93. The third-order valence-corrected chi connectivity index (χ3v) is 20.8. The molecule has 8 heterocycles. The van der Waals surface area contributed by atoms with Crippen LogP contribution in [-0.2, 0) is 85.4 Å². The Morgan fingerprint density at radius 1 is 0.381 bits per heavy atom. The van der Waals surface area contributed by atoms with Crippen molar-refractivity contribution in [1.29, 1.82) is 0 Å². The van der Waals surface area contributed by atoms with Gasteiger partial charge in [0.15, 0.2) is 34.9 Å². The Morgan fingerprint density at radius 2 is 0.683 bits per heavy atom. The normalized spacial score (nSPS) is 14.8. The van der Waals surface area contributed by atoms with Gasteiger partial charge in [0.05, 0.1) is 112 Å². The molecule has 12 rings (SSSR count). The number of aromatic nitrogens is 8. The van der Waals surface area contributed by atoms with Crippen LogP contribution < -0.4 is 42.5 Å². The predicted molar refractivity (Wildman–Crippen MR) is 445 cm³/mol. The van der Waals surface area contributed by atoms with Gasteiger partial charge < -0.3 is 82.1 Å². The maximum Gasteiger partial charge on any atom is 0.343 e. The molecule has 0 saturated carbocycles. The Bertz CT molecular complexity index is 5300. The van der Waals surface area contributed by atoms with Crippen LogP contribution in [0.2, 0.25) is 5.02 Å². The minimum Gasteiger partial charge on any atom is -0.395 e. The van der Waals surface area contributed by atoms with E-state index < -0.39 is 140 Å². The van der Waals surface area contributed by atoms with E-state index in [1.54, 1.807) is 41.5 Å². The Labute approximate surface area is 726 Å². The maximum atomic E-state index is 14.5. The van der Waals surface area contributed by atoms with E-state index in [1.807, 2.05) is 48.6 Å². The van der Waals surface area contributed by atoms with Crippen LogP contribution in [0.25, 0.3) is 45.0 Å². The van der Waals surface area contributed by atoms with E-state index in [0.717, 1.165) is 43.9 Å². The molecule has 8 amide bonds. The van der Waals surface area contributed by atoms with Crippen LogP contribution in [0.3, 0.4) is 0 Å². The molecule has 0 aliphatic carbocycles. The minimum absolute atomic E-state index is 0.00204. The Kier molecular flexibility index (Phi) is 33.3. The Morgan fingerprint density at radius 3 is 1.02 bits per heavy atom. The summed E-state index contributed by atoms with van der Waals surface area (Å²) in [5, 5.41) is 74.6. The number of aliphatic hydroxyl groups is 4. The molecule has 126 heavy (non-hydrogen) atoms. The zero-order valence-corrected chi connectivity index (χ0v) is 72.8. The predicted octanol–water partition coefficient (Wildman–Crippen LogP) is 8.50. The van der Waals surface area contributed by atoms with E-state index in [4.69, 9.17) is 46.2 Å². The second-order valence-corrected chi connectivity index (χ2v) is 34.8. The number of hydrogen-bond donors (Lipinski definition) is 12. The van der Waals surface area contributed by atoms with Gasteiger partial charge >= 0.3 is 24.1 Å². The van der Waals surface area contributed by atoms with Crippen LogP contribution >= 0.6 is 11.6 Å². The first kappa shape index (κ1) is 98.7. The van der Waals surface area contributed by atoms with Gasteiger partial charge in [-0.15, -0.1) is 0 Å². The molecule has 32 nitrogen and oxygen atoms in total. The number of fused-ring (bicyclic) bond motifs is 4. The fraction of sp³-hybridized carbons (Fsp3) is 0.482. The molecule has 0 bridgehead atoms. The first-order valence-corrected chi connectivity index (χ1v) is 40.8. The number of carbonyl (C=O) groups is 8. The highest BCUT2D eigenvalue weighted by molar-refractivity contribution is 6.30. The standard InChI is InChI=1S/C22H29F2N5O3.C21H26ClFN4O4.C21H25F3N4O4.C21H26F2N4O4/c1-22(2,3)19(20(31)25-8-10-30)26-21(32)29-17-7-9-28(4)12-14(17)18(27-29)13-5-6-15(23)16(24)11-13;1-21(2,3)18(19(29)24-7-8-28)25-20(30)27-16-11-31-9-6-13(16)17(26-27)14-10-12(22)4-5-15(14)23;1-21(2,3)18(19(30)25-5-6-29)26-20(31)28-16-10-32-7-4-11(16)17(27-28)12-8-14(23)15(24)9-13(12)22;1-21(2,3)18(19(29)24-7-8-28)25-20(30)27-16-11-31-9-6-13(16)17(26-27)12-4-5-14(22)15(23)10-12/h5-6,11,19,30H,7-10,12H2,1-4H3,(H,25,31)(H,26,32);4-5,10,18,28H,6-9,11H2,1-3H3,(H,24,29)(H,25,30);8-9,18,29H,4-7,10H2,1-3H3,(H,25,30)(H,26,31);4-5,10,18,28H,6-9,11H2,1-3H3,(H,24,29)(H,25,30)/t19-;3*18-/m1111/s1. The molecular weight excluding hydrogens is 1690 g/mol. The summed E-state index contributed by atoms with van der Waals surface area (Å²) < 4.78 is 131. The van der Waals surface area contributed by atoms with Gasteiger partial charge in [0.2, 0.25) is 23.6 Å². The van der Waals surface area contributed by atoms with Crippen molar-refractivity contribution in [3.63, 3.8) is 0 Å². The van der Waals surface area contributed by atoms with Crippen LogP contribution in [0.1, 0.15) is 128 Å². The molecule has 12 N–H and O–H groups in total. The molecule has 4 aliphatic heterocycles. The van der Waals surface area contributed by atoms with Crippen molar-refractivity contribution >= 4 is 59.4 Å². The topological polar surface area (TPSA) is 416 Å². The lowest BCUT2D eigenvalue weighted by molar-refractivity contribution is -0.126. The summed E-state index contributed by atoms with van der Waals surface area (Å²) >= 11 is 6.05. The van der Waals surface area contributed by atoms with Crippen LogP contribution in [0.4, 0.5) is 54.3 Å². The maximum absolute atomic E-state index is 14.5. The van der Waals surface area contributed by atoms with Crippen molar-refractivity contribution < 1.29 is 108 Å². The third kappa shape index (κ3) is 24.2. The minimum atomic E-state index is -1.33. The van der Waals surface area contributed by atoms with Gasteiger partial charge in [-0.2, -0.15) is 39.1 Å². The number of amides is 8. The summed E-state index contributed by atoms with van der Waals surface area (Å²) in [5.41, 5.74) is 3.86. The number of nitrogens with zero attached hydrogens (tertiary/aromatic N) is 9. The quantitative estimate of drug-likeness (QED) is 0.0251. The number of nitrogens with one attached hydrogen (secondary N) is 8. The Balaban J connectivity index is 0.000000190. The van der Waals surface area contributed by atoms with Gasteiger partial charge in [-0.05, 0) is 109 Å². The highest BCUT2D eigenvalue weighted by Gasteiger charge is 2.41. The van der Waals surface area contributed by atoms with E-state index in [2.05, 4.69) is 67.8 Å². The molecule has 41 heteroatoms. The van der Waals surface area contributed by atoms with Crippen molar-refractivity contribution in [1.82, 2.24) is 86.6 Å². The number of benzene rings is 4. The fourth-order valence-electron chi connectivity index (χ4n) is 14.1. The van der Waals surface area contributed by atoms with E-state index >= 15 is 0 Å². The molecule has 684 valence electrons. The lowest BCUT2D eigenvalue weighted by Crippen LogP contribution is -2.55. The van der Waals surface area contributed by atoms with Crippen LogP contribution in [-0.4, -0.2) is 222 Å². The van der Waals surface area contributed by atoms with E-state index in [1.165, 1.54) is 35.0 Å². The molecule has 0 saturated heterocycles. The molecular formula is C85H106ClF8N17O15. The number of ether oxygens (including phenoxy) is 3. The second kappa shape index (κ2) is 42.5. The Hall–Kier alpha value is -11.1. The summed E-state index contributed by atoms with van der Waals surface area (Å²) in [6.07, 6.45) is 1.74. The number of rotatable bonds is 20. The smallest absolute Gasteiger partial charge is 0.343 e. The highest BCUT2D eigenvalue weighted by Crippen LogP contribution is 2.38. The van der Waals surface area contributed by atoms with Crippen molar-refractivity contribution in [3.05, 3.63) is 163 Å². The zero-order chi connectivity index (χ0) is 92.8. The third-order valence-electron chi connectivity index (χ3n) is 20.6. The molecule has 4 aromatic heterocycles. The lowest BCUT2D eigenvalue weighted by Gasteiger charge is -2.30. The average molecular weight is 1790 g/mol. The summed E-state index contributed by atoms with van der Waals surface area (Å²) in [6.45, 7) is 23.4.